The van der Waals surface area contributed by atoms with Crippen molar-refractivity contribution < 1.29 is 14.9 Å². The van der Waals surface area contributed by atoms with E-state index in [0.717, 1.165) is 38.9 Å². The fourth-order valence-electron chi connectivity index (χ4n) is 3.92. The Morgan fingerprint density at radius 1 is 0.750 bits per heavy atom. The normalized spacial score (nSPS) is 12.7. The van der Waals surface area contributed by atoms with Crippen LogP contribution in [0.4, 0.5) is 0 Å². The maximum atomic E-state index is 11.0. The summed E-state index contributed by atoms with van der Waals surface area (Å²) in [5.41, 5.74) is 5.65. The van der Waals surface area contributed by atoms with Crippen LogP contribution in [-0.2, 0) is 27.6 Å². The van der Waals surface area contributed by atoms with Gasteiger partial charge in [0.25, 0.3) is 0 Å². The molecule has 0 amide bonds. The molecular weight excluding hydrogens is 416 g/mol. The summed E-state index contributed by atoms with van der Waals surface area (Å²) in [7, 11) is 0. The zero-order valence-electron chi connectivity index (χ0n) is 21.7. The van der Waals surface area contributed by atoms with Gasteiger partial charge in [0.05, 0.1) is 0 Å². The predicted molar refractivity (Wildman–Crippen MR) is 138 cm³/mol. The SMILES string of the molecule is Cc1cc(C(C)(C)C)c(O)c(C)c1COC(=S)c1cc(C(C)(C)C)c(O)c(C(C)(C)C)c1. The molecule has 0 aliphatic carbocycles. The zero-order valence-corrected chi connectivity index (χ0v) is 22.5. The van der Waals surface area contributed by atoms with Crippen LogP contribution in [0.25, 0.3) is 0 Å². The fraction of sp³-hybridized carbons (Fsp3) is 0.536. The lowest BCUT2D eigenvalue weighted by Gasteiger charge is -2.28. The Labute approximate surface area is 199 Å². The van der Waals surface area contributed by atoms with Gasteiger partial charge < -0.3 is 14.9 Å². The highest BCUT2D eigenvalue weighted by atomic mass is 32.1. The highest BCUT2D eigenvalue weighted by Crippen LogP contribution is 2.40. The highest BCUT2D eigenvalue weighted by molar-refractivity contribution is 7.80. The van der Waals surface area contributed by atoms with E-state index < -0.39 is 0 Å². The maximum absolute atomic E-state index is 11.0. The zero-order chi connectivity index (χ0) is 24.8. The van der Waals surface area contributed by atoms with Gasteiger partial charge in [0, 0.05) is 16.7 Å². The van der Waals surface area contributed by atoms with Gasteiger partial charge in [0.15, 0.2) is 5.05 Å². The van der Waals surface area contributed by atoms with Gasteiger partial charge in [-0.1, -0.05) is 68.4 Å². The molecule has 2 aromatic carbocycles. The first kappa shape index (κ1) is 26.2. The van der Waals surface area contributed by atoms with Crippen molar-refractivity contribution in [2.24, 2.45) is 0 Å². The number of phenols is 2. The minimum atomic E-state index is -0.239. The first-order valence-electron chi connectivity index (χ1n) is 11.2. The number of hydrogen-bond acceptors (Lipinski definition) is 4. The van der Waals surface area contributed by atoms with Crippen LogP contribution in [0.5, 0.6) is 11.5 Å². The van der Waals surface area contributed by atoms with E-state index in [9.17, 15) is 10.2 Å². The third-order valence-corrected chi connectivity index (χ3v) is 6.37. The van der Waals surface area contributed by atoms with Crippen LogP contribution in [0.2, 0.25) is 0 Å². The van der Waals surface area contributed by atoms with Crippen molar-refractivity contribution in [3.63, 3.8) is 0 Å². The predicted octanol–water partition coefficient (Wildman–Crippen LogP) is 7.50. The summed E-state index contributed by atoms with van der Waals surface area (Å²) < 4.78 is 6.07. The number of phenolic OH excluding ortho intramolecular Hbond substituents is 2. The highest BCUT2D eigenvalue weighted by Gasteiger charge is 2.28. The van der Waals surface area contributed by atoms with Crippen LogP contribution < -0.4 is 0 Å². The molecule has 0 bridgehead atoms. The monoisotopic (exact) mass is 456 g/mol. The van der Waals surface area contributed by atoms with Crippen molar-refractivity contribution in [3.05, 3.63) is 57.1 Å². The molecule has 0 aromatic heterocycles. The summed E-state index contributed by atoms with van der Waals surface area (Å²) in [6.07, 6.45) is 0. The maximum Gasteiger partial charge on any atom is 0.191 e. The van der Waals surface area contributed by atoms with Crippen LogP contribution in [-0.4, -0.2) is 15.3 Å². The first-order chi connectivity index (χ1) is 14.4. The number of benzene rings is 2. The fourth-order valence-corrected chi connectivity index (χ4v) is 4.10. The van der Waals surface area contributed by atoms with Crippen molar-refractivity contribution >= 4 is 17.3 Å². The Bertz CT molecular complexity index is 994. The van der Waals surface area contributed by atoms with Gasteiger partial charge in [0.2, 0.25) is 0 Å². The molecule has 3 nitrogen and oxygen atoms in total. The van der Waals surface area contributed by atoms with Crippen LogP contribution in [0.1, 0.15) is 101 Å². The topological polar surface area (TPSA) is 49.7 Å². The molecule has 0 aliphatic heterocycles. The van der Waals surface area contributed by atoms with Crippen molar-refractivity contribution in [2.75, 3.05) is 0 Å². The molecule has 2 rings (SSSR count). The van der Waals surface area contributed by atoms with Gasteiger partial charge in [0.1, 0.15) is 18.1 Å². The summed E-state index contributed by atoms with van der Waals surface area (Å²) >= 11 is 5.67. The number of ether oxygens (including phenoxy) is 1. The van der Waals surface area contributed by atoms with Gasteiger partial charge in [-0.15, -0.1) is 0 Å². The van der Waals surface area contributed by atoms with Gasteiger partial charge in [-0.05, 0) is 76.7 Å². The van der Waals surface area contributed by atoms with Gasteiger partial charge in [-0.25, -0.2) is 0 Å². The molecule has 0 fully saturated rings. The molecule has 176 valence electrons. The van der Waals surface area contributed by atoms with E-state index in [1.54, 1.807) is 0 Å². The van der Waals surface area contributed by atoms with E-state index in [-0.39, 0.29) is 22.9 Å². The average molecular weight is 457 g/mol. The summed E-state index contributed by atoms with van der Waals surface area (Å²) in [5.74, 6) is 0.646. The van der Waals surface area contributed by atoms with Crippen molar-refractivity contribution in [2.45, 2.75) is 99.0 Å². The van der Waals surface area contributed by atoms with E-state index in [1.807, 2.05) is 32.0 Å². The minimum absolute atomic E-state index is 0.146. The molecule has 0 spiro atoms. The lowest BCUT2D eigenvalue weighted by molar-refractivity contribution is 0.299. The Balaban J connectivity index is 2.44. The van der Waals surface area contributed by atoms with E-state index >= 15 is 0 Å². The number of aryl methyl sites for hydroxylation is 1. The second kappa shape index (κ2) is 8.70. The molecule has 32 heavy (non-hydrogen) atoms. The van der Waals surface area contributed by atoms with Gasteiger partial charge in [-0.2, -0.15) is 0 Å². The third kappa shape index (κ3) is 5.46. The lowest BCUT2D eigenvalue weighted by Crippen LogP contribution is -2.19. The molecule has 0 heterocycles. The number of rotatable bonds is 3. The molecule has 0 aliphatic rings. The number of hydrogen-bond donors (Lipinski definition) is 2. The summed E-state index contributed by atoms with van der Waals surface area (Å²) in [6, 6.07) is 5.92. The van der Waals surface area contributed by atoms with Crippen molar-refractivity contribution in [1.29, 1.82) is 0 Å². The van der Waals surface area contributed by atoms with Crippen LogP contribution in [0.15, 0.2) is 18.2 Å². The Morgan fingerprint density at radius 2 is 1.16 bits per heavy atom. The molecule has 4 heteroatoms. The summed E-state index contributed by atoms with van der Waals surface area (Å²) in [4.78, 5) is 0. The first-order valence-corrected chi connectivity index (χ1v) is 11.6. The smallest absolute Gasteiger partial charge is 0.191 e. The summed E-state index contributed by atoms with van der Waals surface area (Å²) in [5, 5.41) is 22.1. The van der Waals surface area contributed by atoms with Crippen molar-refractivity contribution in [3.8, 4) is 11.5 Å². The van der Waals surface area contributed by atoms with Gasteiger partial charge in [-0.3, -0.25) is 0 Å². The number of aromatic hydroxyl groups is 2. The second-order valence-electron chi connectivity index (χ2n) is 11.9. The Hall–Kier alpha value is -2.07. The summed E-state index contributed by atoms with van der Waals surface area (Å²) in [6.45, 7) is 23.0. The molecular formula is C28H40O3S. The minimum Gasteiger partial charge on any atom is -0.507 e. The standard InChI is InChI=1S/C28H40O3S/c1-16-12-20(26(3,4)5)23(29)17(2)19(16)15-31-25(32)18-13-21(27(6,7)8)24(30)22(14-18)28(9,10)11/h12-14,29-30H,15H2,1-11H3. The van der Waals surface area contributed by atoms with Crippen molar-refractivity contribution in [1.82, 2.24) is 0 Å². The quantitative estimate of drug-likeness (QED) is 0.470. The largest absolute Gasteiger partial charge is 0.507 e. The Kier molecular flexibility index (Phi) is 7.12. The van der Waals surface area contributed by atoms with Crippen LogP contribution in [0, 0.1) is 13.8 Å². The molecule has 0 saturated heterocycles. The Morgan fingerprint density at radius 3 is 1.56 bits per heavy atom. The molecule has 0 unspecified atom stereocenters. The number of thiocarbonyl (C=S) groups is 1. The van der Waals surface area contributed by atoms with E-state index in [0.29, 0.717) is 16.5 Å². The average Bonchev–Trinajstić information content (AvgIpc) is 2.61. The third-order valence-electron chi connectivity index (χ3n) is 6.02. The molecule has 0 atom stereocenters. The van der Waals surface area contributed by atoms with E-state index in [1.165, 1.54) is 0 Å². The molecule has 0 radical (unpaired) electrons. The van der Waals surface area contributed by atoms with Crippen LogP contribution >= 0.6 is 12.2 Å². The molecule has 2 aromatic rings. The second-order valence-corrected chi connectivity index (χ2v) is 12.3. The van der Waals surface area contributed by atoms with Gasteiger partial charge >= 0.3 is 0 Å². The van der Waals surface area contributed by atoms with Crippen LogP contribution in [0.3, 0.4) is 0 Å². The molecule has 0 saturated carbocycles. The van der Waals surface area contributed by atoms with E-state index in [2.05, 4.69) is 62.3 Å². The lowest BCUT2D eigenvalue weighted by atomic mass is 9.78. The molecule has 2 N–H and O–H groups in total. The van der Waals surface area contributed by atoms with E-state index in [4.69, 9.17) is 17.0 Å².